The molecule has 0 spiro atoms. The van der Waals surface area contributed by atoms with Crippen LogP contribution in [0.5, 0.6) is 5.75 Å². The summed E-state index contributed by atoms with van der Waals surface area (Å²) in [7, 11) is 1.48. The van der Waals surface area contributed by atoms with Crippen LogP contribution in [-0.2, 0) is 16.1 Å². The lowest BCUT2D eigenvalue weighted by Gasteiger charge is -2.23. The van der Waals surface area contributed by atoms with Gasteiger partial charge in [0.25, 0.3) is 0 Å². The molecule has 0 N–H and O–H groups in total. The number of esters is 1. The minimum atomic E-state index is -0.0812. The summed E-state index contributed by atoms with van der Waals surface area (Å²) in [5, 5.41) is 2.53. The highest BCUT2D eigenvalue weighted by atomic mass is 16.5. The van der Waals surface area contributed by atoms with Gasteiger partial charge in [-0.2, -0.15) is 0 Å². The predicted molar refractivity (Wildman–Crippen MR) is 112 cm³/mol. The van der Waals surface area contributed by atoms with Crippen molar-refractivity contribution in [2.75, 3.05) is 20.2 Å². The molecule has 0 bridgehead atoms. The minimum absolute atomic E-state index is 0.0201. The van der Waals surface area contributed by atoms with Crippen molar-refractivity contribution in [1.29, 1.82) is 0 Å². The Hall–Kier alpha value is -2.07. The standard InChI is InChI=1S/C24H31NO3/c1-17-12-22(28-21-6-4-3-5-7-21)14-19-9-8-18(13-23(17)19)15-25-11-10-20(16-25)24(26)27-2/h8-9,12-14,20-21H,3-7,10-11,15-16H2,1-2H3. The minimum Gasteiger partial charge on any atom is -0.490 e. The fourth-order valence-corrected chi connectivity index (χ4v) is 4.69. The molecule has 1 unspecified atom stereocenters. The van der Waals surface area contributed by atoms with Gasteiger partial charge in [-0.25, -0.2) is 0 Å². The smallest absolute Gasteiger partial charge is 0.310 e. The van der Waals surface area contributed by atoms with Crippen molar-refractivity contribution in [2.45, 2.75) is 58.1 Å². The fourth-order valence-electron chi connectivity index (χ4n) is 4.69. The SMILES string of the molecule is COC(=O)C1CCN(Cc2ccc3cc(OC4CCCCC4)cc(C)c3c2)C1. The second-order valence-corrected chi connectivity index (χ2v) is 8.42. The molecule has 0 aromatic heterocycles. The number of hydrogen-bond acceptors (Lipinski definition) is 4. The van der Waals surface area contributed by atoms with Gasteiger partial charge >= 0.3 is 5.97 Å². The monoisotopic (exact) mass is 381 g/mol. The zero-order valence-electron chi connectivity index (χ0n) is 17.1. The Morgan fingerprint density at radius 2 is 1.93 bits per heavy atom. The van der Waals surface area contributed by atoms with E-state index in [0.717, 1.165) is 31.8 Å². The van der Waals surface area contributed by atoms with E-state index in [1.54, 1.807) is 0 Å². The number of benzene rings is 2. The molecule has 4 heteroatoms. The molecule has 1 saturated heterocycles. The number of fused-ring (bicyclic) bond motifs is 1. The molecule has 2 aromatic carbocycles. The number of ether oxygens (including phenoxy) is 2. The average Bonchev–Trinajstić information content (AvgIpc) is 3.17. The van der Waals surface area contributed by atoms with Gasteiger partial charge in [0, 0.05) is 13.1 Å². The van der Waals surface area contributed by atoms with Crippen LogP contribution in [0.15, 0.2) is 30.3 Å². The van der Waals surface area contributed by atoms with E-state index in [0.29, 0.717) is 6.10 Å². The van der Waals surface area contributed by atoms with Crippen molar-refractivity contribution < 1.29 is 14.3 Å². The molecule has 2 aliphatic rings. The number of hydrogen-bond donors (Lipinski definition) is 0. The highest BCUT2D eigenvalue weighted by Gasteiger charge is 2.28. The maximum atomic E-state index is 11.7. The van der Waals surface area contributed by atoms with Crippen molar-refractivity contribution in [3.05, 3.63) is 41.5 Å². The Labute approximate surface area is 167 Å². The number of methoxy groups -OCH3 is 1. The van der Waals surface area contributed by atoms with Gasteiger partial charge in [-0.1, -0.05) is 18.6 Å². The van der Waals surface area contributed by atoms with Crippen LogP contribution in [0, 0.1) is 12.8 Å². The molecule has 1 aliphatic heterocycles. The molecule has 0 amide bonds. The van der Waals surface area contributed by atoms with Crippen LogP contribution in [0.3, 0.4) is 0 Å². The molecular formula is C24H31NO3. The Morgan fingerprint density at radius 1 is 1.11 bits per heavy atom. The second kappa shape index (κ2) is 8.52. The first-order valence-corrected chi connectivity index (χ1v) is 10.6. The highest BCUT2D eigenvalue weighted by molar-refractivity contribution is 5.87. The van der Waals surface area contributed by atoms with Crippen LogP contribution < -0.4 is 4.74 Å². The maximum absolute atomic E-state index is 11.7. The Kier molecular flexibility index (Phi) is 5.86. The molecule has 1 heterocycles. The largest absolute Gasteiger partial charge is 0.490 e. The molecule has 0 radical (unpaired) electrons. The number of carbonyl (C=O) groups is 1. The van der Waals surface area contributed by atoms with E-state index < -0.39 is 0 Å². The van der Waals surface area contributed by atoms with E-state index in [9.17, 15) is 4.79 Å². The summed E-state index contributed by atoms with van der Waals surface area (Å²) in [6.45, 7) is 4.79. The topological polar surface area (TPSA) is 38.8 Å². The third kappa shape index (κ3) is 4.33. The molecule has 2 aromatic rings. The zero-order valence-corrected chi connectivity index (χ0v) is 17.1. The Balaban J connectivity index is 1.46. The van der Waals surface area contributed by atoms with Gasteiger partial charge < -0.3 is 9.47 Å². The lowest BCUT2D eigenvalue weighted by molar-refractivity contribution is -0.144. The van der Waals surface area contributed by atoms with Gasteiger partial charge in [0.2, 0.25) is 0 Å². The molecule has 4 rings (SSSR count). The van der Waals surface area contributed by atoms with E-state index in [4.69, 9.17) is 9.47 Å². The summed E-state index contributed by atoms with van der Waals surface area (Å²) in [6, 6.07) is 11.1. The second-order valence-electron chi connectivity index (χ2n) is 8.42. The van der Waals surface area contributed by atoms with E-state index in [1.165, 1.54) is 61.1 Å². The fraction of sp³-hybridized carbons (Fsp3) is 0.542. The van der Waals surface area contributed by atoms with Crippen molar-refractivity contribution in [1.82, 2.24) is 4.90 Å². The quantitative estimate of drug-likeness (QED) is 0.694. The van der Waals surface area contributed by atoms with E-state index in [-0.39, 0.29) is 11.9 Å². The van der Waals surface area contributed by atoms with Crippen molar-refractivity contribution in [3.8, 4) is 5.75 Å². The van der Waals surface area contributed by atoms with Crippen LogP contribution in [0.2, 0.25) is 0 Å². The van der Waals surface area contributed by atoms with Gasteiger partial charge in [-0.15, -0.1) is 0 Å². The molecular weight excluding hydrogens is 350 g/mol. The lowest BCUT2D eigenvalue weighted by atomic mass is 9.97. The van der Waals surface area contributed by atoms with E-state index in [2.05, 4.69) is 42.2 Å². The lowest BCUT2D eigenvalue weighted by Crippen LogP contribution is -2.23. The van der Waals surface area contributed by atoms with Gasteiger partial charge in [0.05, 0.1) is 19.1 Å². The summed E-state index contributed by atoms with van der Waals surface area (Å²) in [5.41, 5.74) is 2.56. The summed E-state index contributed by atoms with van der Waals surface area (Å²) in [5.74, 6) is 0.944. The third-order valence-electron chi connectivity index (χ3n) is 6.27. The highest BCUT2D eigenvalue weighted by Crippen LogP contribution is 2.30. The van der Waals surface area contributed by atoms with Crippen LogP contribution in [0.1, 0.15) is 49.7 Å². The van der Waals surface area contributed by atoms with Crippen molar-refractivity contribution >= 4 is 16.7 Å². The first-order valence-electron chi connectivity index (χ1n) is 10.6. The molecule has 28 heavy (non-hydrogen) atoms. The van der Waals surface area contributed by atoms with Gasteiger partial charge in [-0.05, 0) is 85.7 Å². The predicted octanol–water partition coefficient (Wildman–Crippen LogP) is 4.85. The summed E-state index contributed by atoms with van der Waals surface area (Å²) in [6.07, 6.45) is 7.54. The number of aryl methyl sites for hydroxylation is 1. The van der Waals surface area contributed by atoms with Crippen LogP contribution in [0.4, 0.5) is 0 Å². The Bertz CT molecular complexity index is 841. The molecule has 150 valence electrons. The molecule has 2 fully saturated rings. The summed E-state index contributed by atoms with van der Waals surface area (Å²) >= 11 is 0. The Morgan fingerprint density at radius 3 is 2.71 bits per heavy atom. The first-order chi connectivity index (χ1) is 13.6. The zero-order chi connectivity index (χ0) is 19.5. The number of carbonyl (C=O) groups excluding carboxylic acids is 1. The number of likely N-dealkylation sites (tertiary alicyclic amines) is 1. The van der Waals surface area contributed by atoms with E-state index >= 15 is 0 Å². The van der Waals surface area contributed by atoms with Gasteiger partial charge in [-0.3, -0.25) is 9.69 Å². The summed E-state index contributed by atoms with van der Waals surface area (Å²) < 4.78 is 11.2. The number of rotatable bonds is 5. The molecule has 4 nitrogen and oxygen atoms in total. The molecule has 1 aliphatic carbocycles. The average molecular weight is 382 g/mol. The van der Waals surface area contributed by atoms with Crippen LogP contribution in [-0.4, -0.2) is 37.2 Å². The molecule has 1 atom stereocenters. The van der Waals surface area contributed by atoms with Crippen LogP contribution >= 0.6 is 0 Å². The van der Waals surface area contributed by atoms with Crippen molar-refractivity contribution in [3.63, 3.8) is 0 Å². The van der Waals surface area contributed by atoms with Gasteiger partial charge in [0.15, 0.2) is 0 Å². The number of nitrogens with zero attached hydrogens (tertiary/aromatic N) is 1. The van der Waals surface area contributed by atoms with Crippen molar-refractivity contribution in [2.24, 2.45) is 5.92 Å². The maximum Gasteiger partial charge on any atom is 0.310 e. The summed E-state index contributed by atoms with van der Waals surface area (Å²) in [4.78, 5) is 14.1. The van der Waals surface area contributed by atoms with E-state index in [1.807, 2.05) is 0 Å². The normalized spacial score (nSPS) is 21.1. The molecule has 1 saturated carbocycles. The van der Waals surface area contributed by atoms with Gasteiger partial charge in [0.1, 0.15) is 5.75 Å². The first kappa shape index (κ1) is 19.3. The van der Waals surface area contributed by atoms with Crippen LogP contribution in [0.25, 0.3) is 10.8 Å². The third-order valence-corrected chi connectivity index (χ3v) is 6.27.